The zero-order chi connectivity index (χ0) is 14.3. The van der Waals surface area contributed by atoms with Crippen molar-refractivity contribution in [3.05, 3.63) is 0 Å². The highest BCUT2D eigenvalue weighted by molar-refractivity contribution is 5.74. The van der Waals surface area contributed by atoms with Gasteiger partial charge in [0.25, 0.3) is 0 Å². The number of aliphatic carboxylic acids is 1. The molecule has 1 rings (SSSR count). The van der Waals surface area contributed by atoms with Gasteiger partial charge in [-0.1, -0.05) is 0 Å². The smallest absolute Gasteiger partial charge is 0.329 e. The van der Waals surface area contributed by atoms with Gasteiger partial charge >= 0.3 is 12.0 Å². The van der Waals surface area contributed by atoms with Crippen molar-refractivity contribution in [3.63, 3.8) is 0 Å². The summed E-state index contributed by atoms with van der Waals surface area (Å²) in [4.78, 5) is 24.0. The highest BCUT2D eigenvalue weighted by atomic mass is 16.5. The molecule has 0 saturated carbocycles. The Kier molecular flexibility index (Phi) is 6.58. The van der Waals surface area contributed by atoms with Gasteiger partial charge in [0, 0.05) is 20.2 Å². The Morgan fingerprint density at radius 2 is 2.05 bits per heavy atom. The SMILES string of the molecule is COCC(C)NC(=O)N1CCC(OCC(=O)O)CC1. The minimum Gasteiger partial charge on any atom is -0.480 e. The molecule has 1 saturated heterocycles. The normalized spacial score (nSPS) is 18.1. The first-order chi connectivity index (χ1) is 9.02. The van der Waals surface area contributed by atoms with Crippen LogP contribution in [0.25, 0.3) is 0 Å². The summed E-state index contributed by atoms with van der Waals surface area (Å²) in [6, 6.07) is -0.139. The molecule has 1 fully saturated rings. The first kappa shape index (κ1) is 15.7. The Balaban J connectivity index is 2.25. The summed E-state index contributed by atoms with van der Waals surface area (Å²) in [5, 5.41) is 11.4. The maximum Gasteiger partial charge on any atom is 0.329 e. The van der Waals surface area contributed by atoms with Crippen LogP contribution in [-0.2, 0) is 14.3 Å². The third-order valence-electron chi connectivity index (χ3n) is 2.96. The van der Waals surface area contributed by atoms with Gasteiger partial charge in [0.15, 0.2) is 0 Å². The number of ether oxygens (including phenoxy) is 2. The van der Waals surface area contributed by atoms with Crippen LogP contribution in [0.4, 0.5) is 4.79 Å². The zero-order valence-corrected chi connectivity index (χ0v) is 11.4. The van der Waals surface area contributed by atoms with Crippen LogP contribution in [0.1, 0.15) is 19.8 Å². The van der Waals surface area contributed by atoms with Crippen LogP contribution in [0.15, 0.2) is 0 Å². The van der Waals surface area contributed by atoms with Crippen LogP contribution < -0.4 is 5.32 Å². The van der Waals surface area contributed by atoms with Gasteiger partial charge in [-0.05, 0) is 19.8 Å². The molecule has 0 radical (unpaired) electrons. The molecule has 0 aliphatic carbocycles. The lowest BCUT2D eigenvalue weighted by Gasteiger charge is -2.32. The van der Waals surface area contributed by atoms with Crippen LogP contribution in [-0.4, -0.2) is 67.6 Å². The number of carboxylic acids is 1. The van der Waals surface area contributed by atoms with Crippen molar-refractivity contribution < 1.29 is 24.2 Å². The molecule has 0 aromatic rings. The first-order valence-electron chi connectivity index (χ1n) is 6.40. The molecule has 7 heteroatoms. The third-order valence-corrected chi connectivity index (χ3v) is 2.96. The second-order valence-electron chi connectivity index (χ2n) is 4.70. The number of urea groups is 1. The van der Waals surface area contributed by atoms with Crippen molar-refractivity contribution >= 4 is 12.0 Å². The van der Waals surface area contributed by atoms with Crippen molar-refractivity contribution in [2.75, 3.05) is 33.4 Å². The summed E-state index contributed by atoms with van der Waals surface area (Å²) < 4.78 is 10.2. The minimum absolute atomic E-state index is 0.0292. The average molecular weight is 274 g/mol. The second-order valence-corrected chi connectivity index (χ2v) is 4.70. The van der Waals surface area contributed by atoms with Gasteiger partial charge in [-0.15, -0.1) is 0 Å². The fraction of sp³-hybridized carbons (Fsp3) is 0.833. The standard InChI is InChI=1S/C12H22N2O5/c1-9(7-18-2)13-12(17)14-5-3-10(4-6-14)19-8-11(15)16/h9-10H,3-8H2,1-2H3,(H,13,17)(H,15,16). The predicted octanol–water partition coefficient (Wildman–Crippen LogP) is 0.297. The van der Waals surface area contributed by atoms with Crippen LogP contribution in [0.2, 0.25) is 0 Å². The lowest BCUT2D eigenvalue weighted by molar-refractivity contribution is -0.145. The van der Waals surface area contributed by atoms with E-state index in [1.54, 1.807) is 12.0 Å². The van der Waals surface area contributed by atoms with E-state index < -0.39 is 5.97 Å². The molecule has 110 valence electrons. The molecule has 7 nitrogen and oxygen atoms in total. The average Bonchev–Trinajstić information content (AvgIpc) is 2.37. The molecule has 0 bridgehead atoms. The van der Waals surface area contributed by atoms with E-state index in [1.807, 2.05) is 6.92 Å². The van der Waals surface area contributed by atoms with Gasteiger partial charge in [-0.25, -0.2) is 9.59 Å². The van der Waals surface area contributed by atoms with Crippen molar-refractivity contribution in [2.24, 2.45) is 0 Å². The molecule has 1 aliphatic rings. The number of nitrogens with one attached hydrogen (secondary N) is 1. The number of hydrogen-bond acceptors (Lipinski definition) is 4. The Morgan fingerprint density at radius 1 is 1.42 bits per heavy atom. The topological polar surface area (TPSA) is 88.1 Å². The van der Waals surface area contributed by atoms with Gasteiger partial charge in [0.05, 0.1) is 18.8 Å². The molecule has 1 atom stereocenters. The molecule has 19 heavy (non-hydrogen) atoms. The van der Waals surface area contributed by atoms with Crippen molar-refractivity contribution in [2.45, 2.75) is 31.9 Å². The molecular weight excluding hydrogens is 252 g/mol. The summed E-state index contributed by atoms with van der Waals surface area (Å²) in [6.45, 7) is 3.24. The number of amides is 2. The number of rotatable bonds is 6. The van der Waals surface area contributed by atoms with E-state index in [2.05, 4.69) is 5.32 Å². The molecular formula is C12H22N2O5. The summed E-state index contributed by atoms with van der Waals surface area (Å²) >= 11 is 0. The number of piperidine rings is 1. The fourth-order valence-electron chi connectivity index (χ4n) is 2.01. The summed E-state index contributed by atoms with van der Waals surface area (Å²) in [5.74, 6) is -0.964. The summed E-state index contributed by atoms with van der Waals surface area (Å²) in [6.07, 6.45) is 1.26. The number of carboxylic acid groups (broad SMARTS) is 1. The highest BCUT2D eigenvalue weighted by Crippen LogP contribution is 2.13. The van der Waals surface area contributed by atoms with Crippen molar-refractivity contribution in [1.29, 1.82) is 0 Å². The molecule has 1 heterocycles. The van der Waals surface area contributed by atoms with Crippen LogP contribution in [0, 0.1) is 0 Å². The zero-order valence-electron chi connectivity index (χ0n) is 11.4. The number of hydrogen-bond donors (Lipinski definition) is 2. The van der Waals surface area contributed by atoms with Crippen molar-refractivity contribution in [1.82, 2.24) is 10.2 Å². The van der Waals surface area contributed by atoms with Gasteiger partial charge in [0.1, 0.15) is 6.61 Å². The van der Waals surface area contributed by atoms with Gasteiger partial charge < -0.3 is 24.8 Å². The van der Waals surface area contributed by atoms with E-state index in [9.17, 15) is 9.59 Å². The van der Waals surface area contributed by atoms with Gasteiger partial charge in [-0.3, -0.25) is 0 Å². The largest absolute Gasteiger partial charge is 0.480 e. The monoisotopic (exact) mass is 274 g/mol. The number of nitrogens with zero attached hydrogens (tertiary/aromatic N) is 1. The maximum atomic E-state index is 11.9. The number of methoxy groups -OCH3 is 1. The third kappa shape index (κ3) is 5.89. The second kappa shape index (κ2) is 7.96. The quantitative estimate of drug-likeness (QED) is 0.727. The fourth-order valence-corrected chi connectivity index (χ4v) is 2.01. The van der Waals surface area contributed by atoms with Gasteiger partial charge in [0.2, 0.25) is 0 Å². The van der Waals surface area contributed by atoms with E-state index in [1.165, 1.54) is 0 Å². The Bertz CT molecular complexity index is 302. The minimum atomic E-state index is -0.964. The highest BCUT2D eigenvalue weighted by Gasteiger charge is 2.24. The molecule has 1 unspecified atom stereocenters. The summed E-state index contributed by atoms with van der Waals surface area (Å²) in [7, 11) is 1.59. The van der Waals surface area contributed by atoms with E-state index in [-0.39, 0.29) is 24.8 Å². The molecule has 0 spiro atoms. The predicted molar refractivity (Wildman–Crippen MR) is 68.1 cm³/mol. The Morgan fingerprint density at radius 3 is 2.58 bits per heavy atom. The maximum absolute atomic E-state index is 11.9. The molecule has 2 N–H and O–H groups in total. The van der Waals surface area contributed by atoms with E-state index in [0.717, 1.165) is 0 Å². The number of carbonyl (C=O) groups excluding carboxylic acids is 1. The molecule has 2 amide bonds. The lowest BCUT2D eigenvalue weighted by atomic mass is 10.1. The van der Waals surface area contributed by atoms with Crippen LogP contribution in [0.3, 0.4) is 0 Å². The number of carbonyl (C=O) groups is 2. The summed E-state index contributed by atoms with van der Waals surface area (Å²) in [5.41, 5.74) is 0. The van der Waals surface area contributed by atoms with Crippen molar-refractivity contribution in [3.8, 4) is 0 Å². The first-order valence-corrected chi connectivity index (χ1v) is 6.40. The van der Waals surface area contributed by atoms with E-state index in [0.29, 0.717) is 32.5 Å². The lowest BCUT2D eigenvalue weighted by Crippen LogP contribution is -2.49. The van der Waals surface area contributed by atoms with Crippen LogP contribution in [0.5, 0.6) is 0 Å². The van der Waals surface area contributed by atoms with Crippen LogP contribution >= 0.6 is 0 Å². The molecule has 0 aromatic carbocycles. The molecule has 0 aromatic heterocycles. The van der Waals surface area contributed by atoms with Gasteiger partial charge in [-0.2, -0.15) is 0 Å². The van der Waals surface area contributed by atoms with E-state index >= 15 is 0 Å². The Hall–Kier alpha value is -1.34. The molecule has 1 aliphatic heterocycles. The van der Waals surface area contributed by atoms with E-state index in [4.69, 9.17) is 14.6 Å². The number of likely N-dealkylation sites (tertiary alicyclic amines) is 1. The Labute approximate surface area is 112 Å².